The van der Waals surface area contributed by atoms with Crippen LogP contribution in [0.1, 0.15) is 40.0 Å². The van der Waals surface area contributed by atoms with E-state index in [1.165, 1.54) is 0 Å². The molecule has 0 aromatic heterocycles. The van der Waals surface area contributed by atoms with Crippen LogP contribution in [0.15, 0.2) is 0 Å². The Balaban J connectivity index is 3.27. The summed E-state index contributed by atoms with van der Waals surface area (Å²) in [4.78, 5) is 11.2. The van der Waals surface area contributed by atoms with Gasteiger partial charge in [-0.3, -0.25) is 4.79 Å². The SMILES string of the molecule is CCCCOCNC(=O)C(C)CC. The molecule has 0 aliphatic heterocycles. The largest absolute Gasteiger partial charge is 0.361 e. The summed E-state index contributed by atoms with van der Waals surface area (Å²) in [5.41, 5.74) is 0. The monoisotopic (exact) mass is 187 g/mol. The van der Waals surface area contributed by atoms with Gasteiger partial charge in [-0.15, -0.1) is 0 Å². The smallest absolute Gasteiger partial charge is 0.224 e. The molecule has 1 unspecified atom stereocenters. The Morgan fingerprint density at radius 2 is 2.15 bits per heavy atom. The summed E-state index contributed by atoms with van der Waals surface area (Å²) in [6.45, 7) is 7.12. The van der Waals surface area contributed by atoms with Crippen LogP contribution in [0.25, 0.3) is 0 Å². The summed E-state index contributed by atoms with van der Waals surface area (Å²) in [6, 6.07) is 0. The van der Waals surface area contributed by atoms with E-state index in [9.17, 15) is 4.79 Å². The number of hydrogen-bond donors (Lipinski definition) is 1. The minimum atomic E-state index is 0.0824. The molecule has 0 fully saturated rings. The lowest BCUT2D eigenvalue weighted by molar-refractivity contribution is -0.126. The van der Waals surface area contributed by atoms with Crippen LogP contribution in [0.5, 0.6) is 0 Å². The van der Waals surface area contributed by atoms with Gasteiger partial charge in [0.25, 0.3) is 0 Å². The number of rotatable bonds is 7. The molecule has 0 aromatic carbocycles. The van der Waals surface area contributed by atoms with Crippen molar-refractivity contribution < 1.29 is 9.53 Å². The molecule has 0 spiro atoms. The minimum absolute atomic E-state index is 0.0824. The fourth-order valence-electron chi connectivity index (χ4n) is 0.800. The predicted octanol–water partition coefficient (Wildman–Crippen LogP) is 1.92. The summed E-state index contributed by atoms with van der Waals surface area (Å²) < 4.78 is 5.21. The third-order valence-corrected chi connectivity index (χ3v) is 2.05. The summed E-state index contributed by atoms with van der Waals surface area (Å²) in [5.74, 6) is 0.175. The Morgan fingerprint density at radius 1 is 1.46 bits per heavy atom. The van der Waals surface area contributed by atoms with E-state index in [0.29, 0.717) is 6.73 Å². The number of amides is 1. The van der Waals surface area contributed by atoms with Gasteiger partial charge in [-0.1, -0.05) is 27.2 Å². The van der Waals surface area contributed by atoms with Gasteiger partial charge in [-0.25, -0.2) is 0 Å². The van der Waals surface area contributed by atoms with Gasteiger partial charge in [-0.05, 0) is 12.8 Å². The Morgan fingerprint density at radius 3 is 2.69 bits per heavy atom. The van der Waals surface area contributed by atoms with Crippen molar-refractivity contribution in [3.63, 3.8) is 0 Å². The van der Waals surface area contributed by atoms with Crippen LogP contribution >= 0.6 is 0 Å². The number of hydrogen-bond acceptors (Lipinski definition) is 2. The molecule has 1 amide bonds. The van der Waals surface area contributed by atoms with Crippen molar-refractivity contribution in [1.29, 1.82) is 0 Å². The first kappa shape index (κ1) is 12.4. The van der Waals surface area contributed by atoms with Crippen molar-refractivity contribution >= 4 is 5.91 Å². The lowest BCUT2D eigenvalue weighted by atomic mass is 10.1. The van der Waals surface area contributed by atoms with Crippen LogP contribution in [0.2, 0.25) is 0 Å². The number of nitrogens with one attached hydrogen (secondary N) is 1. The predicted molar refractivity (Wildman–Crippen MR) is 53.3 cm³/mol. The molecule has 1 N–H and O–H groups in total. The van der Waals surface area contributed by atoms with Gasteiger partial charge in [0.15, 0.2) is 0 Å². The molecule has 0 heterocycles. The Bertz CT molecular complexity index is 137. The van der Waals surface area contributed by atoms with E-state index in [0.717, 1.165) is 25.9 Å². The second-order valence-electron chi connectivity index (χ2n) is 3.26. The third-order valence-electron chi connectivity index (χ3n) is 2.05. The van der Waals surface area contributed by atoms with E-state index in [-0.39, 0.29) is 11.8 Å². The van der Waals surface area contributed by atoms with Crippen LogP contribution in [-0.4, -0.2) is 19.2 Å². The molecule has 3 nitrogen and oxygen atoms in total. The zero-order chi connectivity index (χ0) is 10.1. The highest BCUT2D eigenvalue weighted by molar-refractivity contribution is 5.77. The van der Waals surface area contributed by atoms with Crippen LogP contribution in [0, 0.1) is 5.92 Å². The first-order valence-corrected chi connectivity index (χ1v) is 5.07. The summed E-state index contributed by atoms with van der Waals surface area (Å²) in [7, 11) is 0. The fourth-order valence-corrected chi connectivity index (χ4v) is 0.800. The summed E-state index contributed by atoms with van der Waals surface area (Å²) >= 11 is 0. The van der Waals surface area contributed by atoms with Crippen LogP contribution in [-0.2, 0) is 9.53 Å². The standard InChI is InChI=1S/C10H21NO2/c1-4-6-7-13-8-11-10(12)9(3)5-2/h9H,4-8H2,1-3H3,(H,11,12). The normalized spacial score (nSPS) is 12.5. The average molecular weight is 187 g/mol. The van der Waals surface area contributed by atoms with E-state index in [1.807, 2.05) is 13.8 Å². The Hall–Kier alpha value is -0.570. The van der Waals surface area contributed by atoms with Gasteiger partial charge >= 0.3 is 0 Å². The first-order chi connectivity index (χ1) is 6.22. The zero-order valence-corrected chi connectivity index (χ0v) is 8.93. The third kappa shape index (κ3) is 6.58. The molecular weight excluding hydrogens is 166 g/mol. The highest BCUT2D eigenvalue weighted by Crippen LogP contribution is 1.99. The average Bonchev–Trinajstić information content (AvgIpc) is 2.16. The molecule has 13 heavy (non-hydrogen) atoms. The Kier molecular flexibility index (Phi) is 7.69. The fraction of sp³-hybridized carbons (Fsp3) is 0.900. The lowest BCUT2D eigenvalue weighted by Gasteiger charge is -2.09. The second-order valence-corrected chi connectivity index (χ2v) is 3.26. The van der Waals surface area contributed by atoms with E-state index in [4.69, 9.17) is 4.74 Å². The zero-order valence-electron chi connectivity index (χ0n) is 8.93. The molecule has 0 saturated carbocycles. The maximum absolute atomic E-state index is 11.2. The van der Waals surface area contributed by atoms with Gasteiger partial charge in [0.05, 0.1) is 0 Å². The van der Waals surface area contributed by atoms with E-state index >= 15 is 0 Å². The molecular formula is C10H21NO2. The number of carbonyl (C=O) groups excluding carboxylic acids is 1. The molecule has 0 aromatic rings. The highest BCUT2D eigenvalue weighted by Gasteiger charge is 2.08. The quantitative estimate of drug-likeness (QED) is 0.488. The van der Waals surface area contributed by atoms with Crippen molar-refractivity contribution in [2.75, 3.05) is 13.3 Å². The van der Waals surface area contributed by atoms with Gasteiger partial charge in [0, 0.05) is 12.5 Å². The van der Waals surface area contributed by atoms with Crippen molar-refractivity contribution in [2.24, 2.45) is 5.92 Å². The van der Waals surface area contributed by atoms with E-state index < -0.39 is 0 Å². The molecule has 0 rings (SSSR count). The maximum Gasteiger partial charge on any atom is 0.224 e. The highest BCUT2D eigenvalue weighted by atomic mass is 16.5. The molecule has 1 atom stereocenters. The van der Waals surface area contributed by atoms with E-state index in [2.05, 4.69) is 12.2 Å². The van der Waals surface area contributed by atoms with Crippen molar-refractivity contribution in [1.82, 2.24) is 5.32 Å². The van der Waals surface area contributed by atoms with Gasteiger partial charge in [-0.2, -0.15) is 0 Å². The van der Waals surface area contributed by atoms with Crippen LogP contribution in [0.4, 0.5) is 0 Å². The van der Waals surface area contributed by atoms with Gasteiger partial charge in [0.1, 0.15) is 6.73 Å². The number of unbranched alkanes of at least 4 members (excludes halogenated alkanes) is 1. The molecule has 78 valence electrons. The molecule has 3 heteroatoms. The first-order valence-electron chi connectivity index (χ1n) is 5.07. The molecule has 0 aliphatic carbocycles. The minimum Gasteiger partial charge on any atom is -0.361 e. The Labute approximate surface area is 80.8 Å². The van der Waals surface area contributed by atoms with Crippen molar-refractivity contribution in [3.8, 4) is 0 Å². The van der Waals surface area contributed by atoms with Crippen molar-refractivity contribution in [3.05, 3.63) is 0 Å². The van der Waals surface area contributed by atoms with Gasteiger partial charge < -0.3 is 10.1 Å². The van der Waals surface area contributed by atoms with Crippen LogP contribution in [0.3, 0.4) is 0 Å². The topological polar surface area (TPSA) is 38.3 Å². The molecule has 0 bridgehead atoms. The number of ether oxygens (including phenoxy) is 1. The maximum atomic E-state index is 11.2. The van der Waals surface area contributed by atoms with E-state index in [1.54, 1.807) is 0 Å². The molecule has 0 radical (unpaired) electrons. The number of carbonyl (C=O) groups is 1. The lowest BCUT2D eigenvalue weighted by Crippen LogP contribution is -2.30. The molecule has 0 aliphatic rings. The summed E-state index contributed by atoms with van der Waals surface area (Å²) in [6.07, 6.45) is 3.05. The summed E-state index contributed by atoms with van der Waals surface area (Å²) in [5, 5.41) is 2.73. The van der Waals surface area contributed by atoms with Crippen molar-refractivity contribution in [2.45, 2.75) is 40.0 Å². The molecule has 0 saturated heterocycles. The van der Waals surface area contributed by atoms with Crippen LogP contribution < -0.4 is 5.32 Å². The second kappa shape index (κ2) is 8.05. The van der Waals surface area contributed by atoms with Gasteiger partial charge in [0.2, 0.25) is 5.91 Å².